The molecule has 0 aliphatic rings. The Morgan fingerprint density at radius 3 is 2.71 bits per heavy atom. The molecule has 0 radical (unpaired) electrons. The first-order valence-corrected chi connectivity index (χ1v) is 4.91. The van der Waals surface area contributed by atoms with Crippen molar-refractivity contribution in [3.05, 3.63) is 27.7 Å². The summed E-state index contributed by atoms with van der Waals surface area (Å²) in [5, 5.41) is 9.72. The van der Waals surface area contributed by atoms with Gasteiger partial charge in [0.25, 0.3) is 0 Å². The molecule has 0 aromatic heterocycles. The van der Waals surface area contributed by atoms with E-state index in [4.69, 9.17) is 4.74 Å². The van der Waals surface area contributed by atoms with Gasteiger partial charge in [0, 0.05) is 29.1 Å². The average Bonchev–Trinajstić information content (AvgIpc) is 2.14. The standard InChI is InChI=1S/C10H11BrO3/c1-14-6-8-5-9(11)4-7(2-3-12)10(8)13/h3-5,13H,2,6H2,1H3. The number of ether oxygens (including phenoxy) is 1. The number of rotatable bonds is 4. The molecule has 0 aliphatic heterocycles. The van der Waals surface area contributed by atoms with Gasteiger partial charge in [-0.2, -0.15) is 0 Å². The van der Waals surface area contributed by atoms with E-state index in [0.29, 0.717) is 17.7 Å². The zero-order chi connectivity index (χ0) is 10.6. The second kappa shape index (κ2) is 5.12. The molecule has 0 saturated heterocycles. The average molecular weight is 259 g/mol. The minimum Gasteiger partial charge on any atom is -0.507 e. The highest BCUT2D eigenvalue weighted by Crippen LogP contribution is 2.27. The molecule has 1 aromatic carbocycles. The third-order valence-electron chi connectivity index (χ3n) is 1.84. The van der Waals surface area contributed by atoms with Crippen molar-refractivity contribution in [1.29, 1.82) is 0 Å². The Kier molecular flexibility index (Phi) is 4.10. The number of carbonyl (C=O) groups excluding carboxylic acids is 1. The van der Waals surface area contributed by atoms with Gasteiger partial charge in [0.1, 0.15) is 12.0 Å². The van der Waals surface area contributed by atoms with Crippen LogP contribution in [-0.2, 0) is 22.6 Å². The van der Waals surface area contributed by atoms with Crippen molar-refractivity contribution in [3.63, 3.8) is 0 Å². The molecule has 0 aliphatic carbocycles. The first-order valence-electron chi connectivity index (χ1n) is 4.12. The second-order valence-electron chi connectivity index (χ2n) is 2.88. The normalized spacial score (nSPS) is 10.1. The smallest absolute Gasteiger partial charge is 0.124 e. The summed E-state index contributed by atoms with van der Waals surface area (Å²) in [6.45, 7) is 0.330. The van der Waals surface area contributed by atoms with E-state index < -0.39 is 0 Å². The number of halogens is 1. The summed E-state index contributed by atoms with van der Waals surface area (Å²) in [4.78, 5) is 10.3. The van der Waals surface area contributed by atoms with Crippen molar-refractivity contribution >= 4 is 22.2 Å². The third kappa shape index (κ3) is 2.56. The molecule has 0 amide bonds. The second-order valence-corrected chi connectivity index (χ2v) is 3.79. The molecule has 0 saturated carbocycles. The molecule has 14 heavy (non-hydrogen) atoms. The van der Waals surface area contributed by atoms with Crippen LogP contribution in [0.3, 0.4) is 0 Å². The number of aromatic hydroxyl groups is 1. The van der Waals surface area contributed by atoms with E-state index in [1.807, 2.05) is 0 Å². The Bertz CT molecular complexity index is 336. The molecule has 0 heterocycles. The van der Waals surface area contributed by atoms with Crippen molar-refractivity contribution < 1.29 is 14.6 Å². The van der Waals surface area contributed by atoms with Crippen LogP contribution in [0.1, 0.15) is 11.1 Å². The minimum atomic E-state index is 0.141. The molecule has 0 spiro atoms. The van der Waals surface area contributed by atoms with Crippen molar-refractivity contribution in [3.8, 4) is 5.75 Å². The summed E-state index contributed by atoms with van der Waals surface area (Å²) < 4.78 is 5.76. The number of phenols is 1. The fourth-order valence-corrected chi connectivity index (χ4v) is 1.78. The number of hydrogen-bond acceptors (Lipinski definition) is 3. The lowest BCUT2D eigenvalue weighted by Gasteiger charge is -2.08. The third-order valence-corrected chi connectivity index (χ3v) is 2.29. The Balaban J connectivity index is 3.10. The highest BCUT2D eigenvalue weighted by molar-refractivity contribution is 9.10. The zero-order valence-electron chi connectivity index (χ0n) is 7.79. The van der Waals surface area contributed by atoms with Crippen LogP contribution in [0.4, 0.5) is 0 Å². The molecular weight excluding hydrogens is 248 g/mol. The largest absolute Gasteiger partial charge is 0.507 e. The number of phenolic OH excluding ortho intramolecular Hbond substituents is 1. The predicted molar refractivity (Wildman–Crippen MR) is 56.3 cm³/mol. The monoisotopic (exact) mass is 258 g/mol. The van der Waals surface area contributed by atoms with Gasteiger partial charge in [-0.3, -0.25) is 0 Å². The zero-order valence-corrected chi connectivity index (χ0v) is 9.37. The Hall–Kier alpha value is -0.870. The maximum absolute atomic E-state index is 10.3. The Labute approximate surface area is 90.8 Å². The Morgan fingerprint density at radius 2 is 2.14 bits per heavy atom. The van der Waals surface area contributed by atoms with Crippen LogP contribution in [0.2, 0.25) is 0 Å². The minimum absolute atomic E-state index is 0.141. The number of carbonyl (C=O) groups is 1. The molecule has 1 rings (SSSR count). The maximum atomic E-state index is 10.3. The lowest BCUT2D eigenvalue weighted by molar-refractivity contribution is -0.107. The number of hydrogen-bond donors (Lipinski definition) is 1. The van der Waals surface area contributed by atoms with E-state index in [9.17, 15) is 9.90 Å². The SMILES string of the molecule is COCc1cc(Br)cc(CC=O)c1O. The summed E-state index contributed by atoms with van der Waals surface area (Å²) in [5.74, 6) is 0.141. The van der Waals surface area contributed by atoms with Crippen LogP contribution in [0.5, 0.6) is 5.75 Å². The van der Waals surface area contributed by atoms with Crippen LogP contribution < -0.4 is 0 Å². The topological polar surface area (TPSA) is 46.5 Å². The van der Waals surface area contributed by atoms with E-state index in [1.54, 1.807) is 19.2 Å². The summed E-state index contributed by atoms with van der Waals surface area (Å²) in [7, 11) is 1.56. The van der Waals surface area contributed by atoms with E-state index in [0.717, 1.165) is 10.8 Å². The molecule has 0 bridgehead atoms. The fourth-order valence-electron chi connectivity index (χ4n) is 1.23. The summed E-state index contributed by atoms with van der Waals surface area (Å²) in [6.07, 6.45) is 0.972. The molecule has 1 N–H and O–H groups in total. The first-order chi connectivity index (χ1) is 6.69. The molecule has 76 valence electrons. The number of benzene rings is 1. The molecular formula is C10H11BrO3. The van der Waals surface area contributed by atoms with Crippen molar-refractivity contribution in [2.45, 2.75) is 13.0 Å². The van der Waals surface area contributed by atoms with Crippen LogP contribution in [0.15, 0.2) is 16.6 Å². The molecule has 0 atom stereocenters. The van der Waals surface area contributed by atoms with E-state index in [-0.39, 0.29) is 12.2 Å². The van der Waals surface area contributed by atoms with Crippen LogP contribution in [0, 0.1) is 0 Å². The Morgan fingerprint density at radius 1 is 1.50 bits per heavy atom. The van der Waals surface area contributed by atoms with Gasteiger partial charge in [-0.1, -0.05) is 15.9 Å². The molecule has 0 fully saturated rings. The van der Waals surface area contributed by atoms with Gasteiger partial charge in [-0.15, -0.1) is 0 Å². The molecule has 1 aromatic rings. The van der Waals surface area contributed by atoms with E-state index in [2.05, 4.69) is 15.9 Å². The van der Waals surface area contributed by atoms with Crippen LogP contribution in [-0.4, -0.2) is 18.5 Å². The van der Waals surface area contributed by atoms with Gasteiger partial charge in [0.2, 0.25) is 0 Å². The van der Waals surface area contributed by atoms with Crippen LogP contribution in [0.25, 0.3) is 0 Å². The quantitative estimate of drug-likeness (QED) is 0.841. The first kappa shape index (κ1) is 11.2. The lowest BCUT2D eigenvalue weighted by Crippen LogP contribution is -1.94. The number of methoxy groups -OCH3 is 1. The van der Waals surface area contributed by atoms with E-state index in [1.165, 1.54) is 0 Å². The highest BCUT2D eigenvalue weighted by Gasteiger charge is 2.08. The summed E-state index contributed by atoms with van der Waals surface area (Å²) in [6, 6.07) is 3.50. The summed E-state index contributed by atoms with van der Waals surface area (Å²) >= 11 is 3.30. The maximum Gasteiger partial charge on any atom is 0.124 e. The summed E-state index contributed by atoms with van der Waals surface area (Å²) in [5.41, 5.74) is 1.29. The molecule has 0 unspecified atom stereocenters. The predicted octanol–water partition coefficient (Wildman–Crippen LogP) is 2.04. The fraction of sp³-hybridized carbons (Fsp3) is 0.300. The lowest BCUT2D eigenvalue weighted by atomic mass is 10.1. The molecule has 3 nitrogen and oxygen atoms in total. The van der Waals surface area contributed by atoms with Crippen LogP contribution >= 0.6 is 15.9 Å². The van der Waals surface area contributed by atoms with Crippen molar-refractivity contribution in [2.24, 2.45) is 0 Å². The van der Waals surface area contributed by atoms with Gasteiger partial charge < -0.3 is 14.6 Å². The highest BCUT2D eigenvalue weighted by atomic mass is 79.9. The van der Waals surface area contributed by atoms with E-state index >= 15 is 0 Å². The van der Waals surface area contributed by atoms with Crippen molar-refractivity contribution in [2.75, 3.05) is 7.11 Å². The molecule has 4 heteroatoms. The van der Waals surface area contributed by atoms with Gasteiger partial charge in [-0.05, 0) is 12.1 Å². The van der Waals surface area contributed by atoms with Crippen molar-refractivity contribution in [1.82, 2.24) is 0 Å². The number of aldehydes is 1. The van der Waals surface area contributed by atoms with Gasteiger partial charge in [-0.25, -0.2) is 0 Å². The van der Waals surface area contributed by atoms with Gasteiger partial charge >= 0.3 is 0 Å². The van der Waals surface area contributed by atoms with Gasteiger partial charge in [0.15, 0.2) is 0 Å². The van der Waals surface area contributed by atoms with Gasteiger partial charge in [0.05, 0.1) is 6.61 Å².